The van der Waals surface area contributed by atoms with Crippen LogP contribution in [0.5, 0.6) is 0 Å². The number of rotatable bonds is 11. The van der Waals surface area contributed by atoms with Crippen molar-refractivity contribution in [2.24, 2.45) is 0 Å². The summed E-state index contributed by atoms with van der Waals surface area (Å²) in [7, 11) is 0. The molecule has 0 aliphatic heterocycles. The molecule has 2 aromatic carbocycles. The van der Waals surface area contributed by atoms with E-state index in [9.17, 15) is 23.2 Å². The summed E-state index contributed by atoms with van der Waals surface area (Å²) >= 11 is 0. The molecule has 2 unspecified atom stereocenters. The van der Waals surface area contributed by atoms with Crippen LogP contribution in [-0.4, -0.2) is 48.2 Å². The third kappa shape index (κ3) is 6.30. The topological polar surface area (TPSA) is 105 Å². The van der Waals surface area contributed by atoms with Crippen LogP contribution in [0, 0.1) is 0 Å². The Morgan fingerprint density at radius 1 is 1.00 bits per heavy atom. The molecule has 0 saturated carbocycles. The SMILES string of the molecule is CCC(CCC(=O)NC(CC(F)F)C(=O)O)NC(=O)OCC1c2ccccc2-c2ccccc21. The molecule has 0 saturated heterocycles. The van der Waals surface area contributed by atoms with E-state index < -0.39 is 36.9 Å². The van der Waals surface area contributed by atoms with Gasteiger partial charge in [0.1, 0.15) is 12.6 Å². The minimum Gasteiger partial charge on any atom is -0.480 e. The second kappa shape index (κ2) is 11.6. The van der Waals surface area contributed by atoms with Crippen molar-refractivity contribution in [1.29, 1.82) is 0 Å². The molecule has 1 aliphatic rings. The molecule has 0 bridgehead atoms. The molecule has 2 aromatic rings. The van der Waals surface area contributed by atoms with Gasteiger partial charge in [0, 0.05) is 24.8 Å². The van der Waals surface area contributed by atoms with Crippen LogP contribution < -0.4 is 10.6 Å². The standard InChI is InChI=1S/C25H28F2N2O5/c1-2-15(11-12-23(30)29-21(24(31)32)13-22(26)27)28-25(33)34-14-20-18-9-5-3-7-16(18)17-8-4-6-10-19(17)20/h3-10,15,20-22H,2,11-14H2,1H3,(H,28,33)(H,29,30)(H,31,32). The molecule has 0 radical (unpaired) electrons. The number of benzene rings is 2. The fourth-order valence-corrected chi connectivity index (χ4v) is 4.16. The van der Waals surface area contributed by atoms with Crippen molar-refractivity contribution in [2.45, 2.75) is 57.0 Å². The number of alkyl carbamates (subject to hydrolysis) is 1. The summed E-state index contributed by atoms with van der Waals surface area (Å²) in [5.41, 5.74) is 4.43. The molecule has 3 N–H and O–H groups in total. The Labute approximate surface area is 196 Å². The number of aliphatic carboxylic acids is 1. The van der Waals surface area contributed by atoms with Crippen molar-refractivity contribution < 1.29 is 33.0 Å². The third-order valence-electron chi connectivity index (χ3n) is 5.93. The summed E-state index contributed by atoms with van der Waals surface area (Å²) in [6.45, 7) is 1.98. The number of carbonyl (C=O) groups is 3. The average Bonchev–Trinajstić information content (AvgIpc) is 3.13. The predicted molar refractivity (Wildman–Crippen MR) is 122 cm³/mol. The van der Waals surface area contributed by atoms with Gasteiger partial charge in [0.05, 0.1) is 0 Å². The first-order valence-corrected chi connectivity index (χ1v) is 11.2. The van der Waals surface area contributed by atoms with Crippen LogP contribution in [-0.2, 0) is 14.3 Å². The van der Waals surface area contributed by atoms with Gasteiger partial charge in [0.25, 0.3) is 0 Å². The Balaban J connectivity index is 1.50. The summed E-state index contributed by atoms with van der Waals surface area (Å²) in [4.78, 5) is 35.5. The van der Waals surface area contributed by atoms with E-state index in [0.29, 0.717) is 6.42 Å². The van der Waals surface area contributed by atoms with Crippen LogP contribution in [0.2, 0.25) is 0 Å². The second-order valence-corrected chi connectivity index (χ2v) is 8.20. The van der Waals surface area contributed by atoms with Crippen molar-refractivity contribution in [3.05, 3.63) is 59.7 Å². The highest BCUT2D eigenvalue weighted by atomic mass is 19.3. The molecule has 34 heavy (non-hydrogen) atoms. The first kappa shape index (κ1) is 25.1. The van der Waals surface area contributed by atoms with Gasteiger partial charge in [0.15, 0.2) is 0 Å². The summed E-state index contributed by atoms with van der Waals surface area (Å²) in [5.74, 6) is -2.26. The quantitative estimate of drug-likeness (QED) is 0.450. The number of carbonyl (C=O) groups excluding carboxylic acids is 2. The molecular weight excluding hydrogens is 446 g/mol. The Morgan fingerprint density at radius 3 is 2.12 bits per heavy atom. The monoisotopic (exact) mass is 474 g/mol. The van der Waals surface area contributed by atoms with Crippen molar-refractivity contribution in [2.75, 3.05) is 6.61 Å². The second-order valence-electron chi connectivity index (χ2n) is 8.20. The molecule has 9 heteroatoms. The van der Waals surface area contributed by atoms with Gasteiger partial charge < -0.3 is 20.5 Å². The van der Waals surface area contributed by atoms with Crippen LogP contribution in [0.4, 0.5) is 13.6 Å². The number of halogens is 2. The average molecular weight is 475 g/mol. The first-order valence-electron chi connectivity index (χ1n) is 11.2. The number of alkyl halides is 2. The van der Waals surface area contributed by atoms with Crippen molar-refractivity contribution >= 4 is 18.0 Å². The summed E-state index contributed by atoms with van der Waals surface area (Å²) < 4.78 is 30.5. The molecule has 0 heterocycles. The zero-order chi connectivity index (χ0) is 24.7. The smallest absolute Gasteiger partial charge is 0.407 e. The molecule has 2 atom stereocenters. The van der Waals surface area contributed by atoms with E-state index in [1.165, 1.54) is 0 Å². The molecule has 0 spiro atoms. The van der Waals surface area contributed by atoms with Gasteiger partial charge >= 0.3 is 12.1 Å². The number of hydrogen-bond donors (Lipinski definition) is 3. The largest absolute Gasteiger partial charge is 0.480 e. The van der Waals surface area contributed by atoms with Gasteiger partial charge in [-0.25, -0.2) is 18.4 Å². The number of carboxylic acids is 1. The van der Waals surface area contributed by atoms with Crippen LogP contribution in [0.1, 0.15) is 49.7 Å². The Hall–Kier alpha value is -3.49. The lowest BCUT2D eigenvalue weighted by Gasteiger charge is -2.19. The maximum absolute atomic E-state index is 12.5. The normalized spacial score (nSPS) is 14.1. The maximum Gasteiger partial charge on any atom is 0.407 e. The third-order valence-corrected chi connectivity index (χ3v) is 5.93. The van der Waals surface area contributed by atoms with Gasteiger partial charge in [-0.05, 0) is 35.1 Å². The van der Waals surface area contributed by atoms with Gasteiger partial charge in [-0.1, -0.05) is 55.5 Å². The van der Waals surface area contributed by atoms with Crippen molar-refractivity contribution in [1.82, 2.24) is 10.6 Å². The lowest BCUT2D eigenvalue weighted by atomic mass is 9.98. The van der Waals surface area contributed by atoms with Crippen LogP contribution in [0.15, 0.2) is 48.5 Å². The number of ether oxygens (including phenoxy) is 1. The predicted octanol–water partition coefficient (Wildman–Crippen LogP) is 4.31. The highest BCUT2D eigenvalue weighted by Gasteiger charge is 2.29. The van der Waals surface area contributed by atoms with Gasteiger partial charge in [0.2, 0.25) is 12.3 Å². The van der Waals surface area contributed by atoms with E-state index in [2.05, 4.69) is 10.6 Å². The molecule has 7 nitrogen and oxygen atoms in total. The van der Waals surface area contributed by atoms with Crippen LogP contribution in [0.3, 0.4) is 0 Å². The molecule has 2 amide bonds. The fourth-order valence-electron chi connectivity index (χ4n) is 4.16. The van der Waals surface area contributed by atoms with Crippen LogP contribution in [0.25, 0.3) is 11.1 Å². The number of carboxylic acid groups (broad SMARTS) is 1. The summed E-state index contributed by atoms with van der Waals surface area (Å²) in [6, 6.07) is 13.9. The van der Waals surface area contributed by atoms with E-state index in [0.717, 1.165) is 22.3 Å². The molecule has 3 rings (SSSR count). The summed E-state index contributed by atoms with van der Waals surface area (Å²) in [5, 5.41) is 13.8. The Bertz CT molecular complexity index is 984. The van der Waals surface area contributed by atoms with Crippen LogP contribution >= 0.6 is 0 Å². The Morgan fingerprint density at radius 2 is 1.59 bits per heavy atom. The van der Waals surface area contributed by atoms with E-state index in [1.807, 2.05) is 55.5 Å². The van der Waals surface area contributed by atoms with Crippen molar-refractivity contribution in [3.8, 4) is 11.1 Å². The van der Waals surface area contributed by atoms with Crippen molar-refractivity contribution in [3.63, 3.8) is 0 Å². The highest BCUT2D eigenvalue weighted by Crippen LogP contribution is 2.44. The molecule has 0 aromatic heterocycles. The van der Waals surface area contributed by atoms with E-state index in [-0.39, 0.29) is 31.4 Å². The Kier molecular flexibility index (Phi) is 8.56. The van der Waals surface area contributed by atoms with E-state index in [1.54, 1.807) is 0 Å². The van der Waals surface area contributed by atoms with Gasteiger partial charge in [-0.15, -0.1) is 0 Å². The number of nitrogens with one attached hydrogen (secondary N) is 2. The minimum absolute atomic E-state index is 0.0770. The fraction of sp³-hybridized carbons (Fsp3) is 0.400. The summed E-state index contributed by atoms with van der Waals surface area (Å²) in [6.07, 6.45) is -3.81. The zero-order valence-electron chi connectivity index (χ0n) is 18.8. The van der Waals surface area contributed by atoms with Gasteiger partial charge in [-0.2, -0.15) is 0 Å². The maximum atomic E-state index is 12.5. The molecule has 0 fully saturated rings. The lowest BCUT2D eigenvalue weighted by molar-refractivity contribution is -0.143. The molecule has 1 aliphatic carbocycles. The van der Waals surface area contributed by atoms with E-state index >= 15 is 0 Å². The minimum atomic E-state index is -2.85. The zero-order valence-corrected chi connectivity index (χ0v) is 18.8. The van der Waals surface area contributed by atoms with E-state index in [4.69, 9.17) is 9.84 Å². The number of fused-ring (bicyclic) bond motifs is 3. The number of hydrogen-bond acceptors (Lipinski definition) is 4. The number of amides is 2. The molecular formula is C25H28F2N2O5. The molecule has 182 valence electrons. The lowest BCUT2D eigenvalue weighted by Crippen LogP contribution is -2.43. The highest BCUT2D eigenvalue weighted by molar-refractivity contribution is 5.83. The van der Waals surface area contributed by atoms with Gasteiger partial charge in [-0.3, -0.25) is 4.79 Å². The first-order chi connectivity index (χ1) is 16.3.